The second kappa shape index (κ2) is 7.40. The third-order valence-corrected chi connectivity index (χ3v) is 5.88. The van der Waals surface area contributed by atoms with E-state index >= 15 is 0 Å². The van der Waals surface area contributed by atoms with Gasteiger partial charge in [-0.1, -0.05) is 6.92 Å². The molecule has 24 heavy (non-hydrogen) atoms. The van der Waals surface area contributed by atoms with Crippen LogP contribution in [0, 0.1) is 11.8 Å². The molecule has 0 aromatic heterocycles. The average Bonchev–Trinajstić information content (AvgIpc) is 2.92. The third kappa shape index (κ3) is 3.64. The van der Waals surface area contributed by atoms with E-state index in [9.17, 15) is 18.3 Å². The highest BCUT2D eigenvalue weighted by molar-refractivity contribution is 7.89. The van der Waals surface area contributed by atoms with Gasteiger partial charge in [-0.3, -0.25) is 4.79 Å². The van der Waals surface area contributed by atoms with Crippen LogP contribution < -0.4 is 9.47 Å². The van der Waals surface area contributed by atoms with Crippen LogP contribution in [0.3, 0.4) is 0 Å². The largest absolute Gasteiger partial charge is 0.490 e. The molecule has 8 heteroatoms. The van der Waals surface area contributed by atoms with Gasteiger partial charge < -0.3 is 14.6 Å². The predicted molar refractivity (Wildman–Crippen MR) is 87.8 cm³/mol. The van der Waals surface area contributed by atoms with E-state index in [0.29, 0.717) is 24.7 Å². The minimum absolute atomic E-state index is 0.0178. The fourth-order valence-electron chi connectivity index (χ4n) is 2.78. The summed E-state index contributed by atoms with van der Waals surface area (Å²) < 4.78 is 37.7. The summed E-state index contributed by atoms with van der Waals surface area (Å²) in [5.74, 6) is -1.04. The monoisotopic (exact) mass is 357 g/mol. The van der Waals surface area contributed by atoms with Gasteiger partial charge >= 0.3 is 5.97 Å². The quantitative estimate of drug-likeness (QED) is 0.800. The molecule has 2 rings (SSSR count). The second-order valence-electron chi connectivity index (χ2n) is 5.72. The van der Waals surface area contributed by atoms with Crippen LogP contribution in [0.25, 0.3) is 0 Å². The van der Waals surface area contributed by atoms with Crippen molar-refractivity contribution in [3.63, 3.8) is 0 Å². The highest BCUT2D eigenvalue weighted by Gasteiger charge is 2.40. The standard InChI is InChI=1S/C16H23NO6S/c1-4-22-14-7-6-12(8-15(14)23-5-2)24(20,21)17-9-11(3)13(10-17)16(18)19/h6-8,11,13H,4-5,9-10H2,1-3H3,(H,18,19)/t11-,13-/m1/s1. The number of rotatable bonds is 7. The first-order chi connectivity index (χ1) is 11.3. The van der Waals surface area contributed by atoms with Crippen molar-refractivity contribution in [2.24, 2.45) is 11.8 Å². The number of carboxylic acid groups (broad SMARTS) is 1. The van der Waals surface area contributed by atoms with Crippen LogP contribution in [-0.4, -0.2) is 50.1 Å². The molecule has 0 unspecified atom stereocenters. The van der Waals surface area contributed by atoms with E-state index in [-0.39, 0.29) is 23.9 Å². The van der Waals surface area contributed by atoms with Crippen molar-refractivity contribution in [3.8, 4) is 11.5 Å². The number of sulfonamides is 1. The summed E-state index contributed by atoms with van der Waals surface area (Å²) in [5.41, 5.74) is 0. The third-order valence-electron chi connectivity index (χ3n) is 4.05. The van der Waals surface area contributed by atoms with E-state index in [1.54, 1.807) is 19.9 Å². The van der Waals surface area contributed by atoms with Crippen molar-refractivity contribution in [3.05, 3.63) is 18.2 Å². The van der Waals surface area contributed by atoms with Gasteiger partial charge in [-0.2, -0.15) is 4.31 Å². The molecule has 1 heterocycles. The van der Waals surface area contributed by atoms with Crippen LogP contribution in [-0.2, 0) is 14.8 Å². The molecule has 0 amide bonds. The normalized spacial score (nSPS) is 21.6. The maximum atomic E-state index is 12.8. The minimum Gasteiger partial charge on any atom is -0.490 e. The molecule has 0 radical (unpaired) electrons. The number of carboxylic acids is 1. The number of hydrogen-bond acceptors (Lipinski definition) is 5. The smallest absolute Gasteiger partial charge is 0.308 e. The zero-order chi connectivity index (χ0) is 17.9. The van der Waals surface area contributed by atoms with Crippen LogP contribution in [0.15, 0.2) is 23.1 Å². The highest BCUT2D eigenvalue weighted by atomic mass is 32.2. The zero-order valence-corrected chi connectivity index (χ0v) is 14.9. The van der Waals surface area contributed by atoms with Gasteiger partial charge in [-0.05, 0) is 31.9 Å². The van der Waals surface area contributed by atoms with E-state index in [0.717, 1.165) is 0 Å². The first kappa shape index (κ1) is 18.5. The Kier molecular flexibility index (Phi) is 5.71. The first-order valence-corrected chi connectivity index (χ1v) is 9.37. The van der Waals surface area contributed by atoms with Gasteiger partial charge in [-0.25, -0.2) is 8.42 Å². The molecule has 0 spiro atoms. The molecular formula is C16H23NO6S. The number of hydrogen-bond donors (Lipinski definition) is 1. The Morgan fingerprint density at radius 1 is 1.21 bits per heavy atom. The van der Waals surface area contributed by atoms with Crippen LogP contribution >= 0.6 is 0 Å². The molecule has 1 fully saturated rings. The van der Waals surface area contributed by atoms with Gasteiger partial charge in [-0.15, -0.1) is 0 Å². The fourth-order valence-corrected chi connectivity index (χ4v) is 4.36. The molecule has 134 valence electrons. The molecule has 7 nitrogen and oxygen atoms in total. The molecule has 1 aliphatic rings. The molecule has 0 bridgehead atoms. The number of ether oxygens (including phenoxy) is 2. The lowest BCUT2D eigenvalue weighted by Crippen LogP contribution is -2.30. The van der Waals surface area contributed by atoms with Crippen LogP contribution in [0.4, 0.5) is 0 Å². The summed E-state index contributed by atoms with van der Waals surface area (Å²) in [4.78, 5) is 11.3. The molecule has 1 N–H and O–H groups in total. The van der Waals surface area contributed by atoms with Gasteiger partial charge in [0.1, 0.15) is 0 Å². The molecule has 1 saturated heterocycles. The Hall–Kier alpha value is -1.80. The summed E-state index contributed by atoms with van der Waals surface area (Å²) in [6.45, 7) is 6.38. The predicted octanol–water partition coefficient (Wildman–Crippen LogP) is 1.83. The van der Waals surface area contributed by atoms with Crippen LogP contribution in [0.5, 0.6) is 11.5 Å². The van der Waals surface area contributed by atoms with E-state index < -0.39 is 21.9 Å². The molecule has 2 atom stereocenters. The Labute approximate surface area is 142 Å². The van der Waals surface area contributed by atoms with Crippen molar-refractivity contribution in [2.45, 2.75) is 25.7 Å². The summed E-state index contributed by atoms with van der Waals surface area (Å²) in [7, 11) is -3.78. The Morgan fingerprint density at radius 2 is 1.83 bits per heavy atom. The van der Waals surface area contributed by atoms with Gasteiger partial charge in [0.25, 0.3) is 0 Å². The lowest BCUT2D eigenvalue weighted by molar-refractivity contribution is -0.142. The molecule has 1 aromatic rings. The minimum atomic E-state index is -3.78. The lowest BCUT2D eigenvalue weighted by Gasteiger charge is -2.18. The Balaban J connectivity index is 2.32. The van der Waals surface area contributed by atoms with E-state index in [2.05, 4.69) is 0 Å². The molecule has 1 aromatic carbocycles. The number of nitrogens with zero attached hydrogens (tertiary/aromatic N) is 1. The van der Waals surface area contributed by atoms with Crippen molar-refractivity contribution in [1.82, 2.24) is 4.31 Å². The van der Waals surface area contributed by atoms with Crippen molar-refractivity contribution >= 4 is 16.0 Å². The van der Waals surface area contributed by atoms with Gasteiger partial charge in [0.15, 0.2) is 11.5 Å². The SMILES string of the molecule is CCOc1ccc(S(=O)(=O)N2C[C@@H](C)[C@H](C(=O)O)C2)cc1OCC. The number of aliphatic carboxylic acids is 1. The van der Waals surface area contributed by atoms with Crippen LogP contribution in [0.2, 0.25) is 0 Å². The fraction of sp³-hybridized carbons (Fsp3) is 0.562. The Bertz CT molecular complexity index is 703. The van der Waals surface area contributed by atoms with Gasteiger partial charge in [0.05, 0.1) is 24.0 Å². The number of benzene rings is 1. The summed E-state index contributed by atoms with van der Waals surface area (Å²) in [6, 6.07) is 4.46. The maximum absolute atomic E-state index is 12.8. The summed E-state index contributed by atoms with van der Waals surface area (Å²) in [5, 5.41) is 9.19. The van der Waals surface area contributed by atoms with Gasteiger partial charge in [0, 0.05) is 19.2 Å². The number of carbonyl (C=O) groups is 1. The first-order valence-electron chi connectivity index (χ1n) is 7.93. The second-order valence-corrected chi connectivity index (χ2v) is 7.66. The zero-order valence-electron chi connectivity index (χ0n) is 14.1. The van der Waals surface area contributed by atoms with Crippen molar-refractivity contribution in [2.75, 3.05) is 26.3 Å². The molecule has 0 aliphatic carbocycles. The maximum Gasteiger partial charge on any atom is 0.308 e. The topological polar surface area (TPSA) is 93.1 Å². The summed E-state index contributed by atoms with van der Waals surface area (Å²) in [6.07, 6.45) is 0. The van der Waals surface area contributed by atoms with Crippen molar-refractivity contribution in [1.29, 1.82) is 0 Å². The van der Waals surface area contributed by atoms with Gasteiger partial charge in [0.2, 0.25) is 10.0 Å². The van der Waals surface area contributed by atoms with E-state index in [1.165, 1.54) is 16.4 Å². The van der Waals surface area contributed by atoms with Crippen LogP contribution in [0.1, 0.15) is 20.8 Å². The van der Waals surface area contributed by atoms with E-state index in [1.807, 2.05) is 6.92 Å². The highest BCUT2D eigenvalue weighted by Crippen LogP contribution is 2.34. The molecule has 1 aliphatic heterocycles. The molecule has 0 saturated carbocycles. The van der Waals surface area contributed by atoms with E-state index in [4.69, 9.17) is 9.47 Å². The average molecular weight is 357 g/mol. The van der Waals surface area contributed by atoms with Crippen molar-refractivity contribution < 1.29 is 27.8 Å². The Morgan fingerprint density at radius 3 is 2.38 bits per heavy atom. The summed E-state index contributed by atoms with van der Waals surface area (Å²) >= 11 is 0. The lowest BCUT2D eigenvalue weighted by atomic mass is 9.99. The molecular weight excluding hydrogens is 334 g/mol.